The van der Waals surface area contributed by atoms with E-state index in [0.717, 1.165) is 11.1 Å². The van der Waals surface area contributed by atoms with E-state index in [9.17, 15) is 4.79 Å². The molecule has 3 aromatic rings. The van der Waals surface area contributed by atoms with Crippen molar-refractivity contribution in [2.45, 2.75) is 19.8 Å². The molecule has 24 heavy (non-hydrogen) atoms. The molecule has 4 heteroatoms. The number of benzene rings is 2. The number of amides is 1. The van der Waals surface area contributed by atoms with Crippen molar-refractivity contribution in [1.82, 2.24) is 10.5 Å². The van der Waals surface area contributed by atoms with E-state index in [0.29, 0.717) is 17.9 Å². The lowest BCUT2D eigenvalue weighted by molar-refractivity contribution is 0.0952. The van der Waals surface area contributed by atoms with E-state index in [-0.39, 0.29) is 11.8 Å². The van der Waals surface area contributed by atoms with E-state index >= 15 is 0 Å². The normalized spacial score (nSPS) is 11.9. The summed E-state index contributed by atoms with van der Waals surface area (Å²) in [6.07, 6.45) is 1.47. The standard InChI is InChI=1S/C20H20N2O2/c1-14-8-10-17(11-9-14)19-18(13-22-24-19)20(23)21-12-15(2)16-6-4-3-5-7-16/h3-11,13,15H,12H2,1-2H3,(H,21,23). The average Bonchev–Trinajstić information content (AvgIpc) is 3.10. The van der Waals surface area contributed by atoms with E-state index in [1.165, 1.54) is 11.8 Å². The summed E-state index contributed by atoms with van der Waals surface area (Å²) in [5, 5.41) is 6.76. The maximum Gasteiger partial charge on any atom is 0.256 e. The van der Waals surface area contributed by atoms with Crippen molar-refractivity contribution in [2.75, 3.05) is 6.54 Å². The highest BCUT2D eigenvalue weighted by molar-refractivity contribution is 5.99. The van der Waals surface area contributed by atoms with Crippen LogP contribution in [-0.4, -0.2) is 17.6 Å². The van der Waals surface area contributed by atoms with Gasteiger partial charge in [-0.25, -0.2) is 0 Å². The van der Waals surface area contributed by atoms with Crippen LogP contribution in [0.2, 0.25) is 0 Å². The van der Waals surface area contributed by atoms with Gasteiger partial charge < -0.3 is 9.84 Å². The smallest absolute Gasteiger partial charge is 0.256 e. The predicted octanol–water partition coefficient (Wildman–Crippen LogP) is 4.18. The molecule has 1 N–H and O–H groups in total. The van der Waals surface area contributed by atoms with Crippen LogP contribution in [0.3, 0.4) is 0 Å². The molecule has 0 saturated heterocycles. The Bertz CT molecular complexity index is 807. The predicted molar refractivity (Wildman–Crippen MR) is 93.9 cm³/mol. The van der Waals surface area contributed by atoms with Gasteiger partial charge in [0.2, 0.25) is 0 Å². The Morgan fingerprint density at radius 3 is 2.54 bits per heavy atom. The van der Waals surface area contributed by atoms with Crippen LogP contribution in [-0.2, 0) is 0 Å². The summed E-state index contributed by atoms with van der Waals surface area (Å²) < 4.78 is 5.29. The number of aromatic nitrogens is 1. The van der Waals surface area contributed by atoms with Gasteiger partial charge >= 0.3 is 0 Å². The van der Waals surface area contributed by atoms with Gasteiger partial charge in [0.05, 0.1) is 6.20 Å². The third kappa shape index (κ3) is 3.54. The Balaban J connectivity index is 1.70. The zero-order chi connectivity index (χ0) is 16.9. The first kappa shape index (κ1) is 16.0. The Morgan fingerprint density at radius 1 is 1.12 bits per heavy atom. The first-order valence-corrected chi connectivity index (χ1v) is 8.00. The summed E-state index contributed by atoms with van der Waals surface area (Å²) in [4.78, 5) is 12.5. The SMILES string of the molecule is Cc1ccc(-c2oncc2C(=O)NCC(C)c2ccccc2)cc1. The molecule has 3 rings (SSSR count). The molecule has 2 aromatic carbocycles. The van der Waals surface area contributed by atoms with Crippen molar-refractivity contribution in [3.8, 4) is 11.3 Å². The maximum atomic E-state index is 12.5. The molecule has 0 aliphatic rings. The molecule has 0 bridgehead atoms. The molecule has 1 aromatic heterocycles. The number of rotatable bonds is 5. The molecule has 0 fully saturated rings. The van der Waals surface area contributed by atoms with Crippen molar-refractivity contribution in [2.24, 2.45) is 0 Å². The van der Waals surface area contributed by atoms with E-state index < -0.39 is 0 Å². The lowest BCUT2D eigenvalue weighted by atomic mass is 10.0. The van der Waals surface area contributed by atoms with Gasteiger partial charge in [-0.1, -0.05) is 72.2 Å². The molecular formula is C20H20N2O2. The first-order valence-electron chi connectivity index (χ1n) is 8.00. The largest absolute Gasteiger partial charge is 0.355 e. The van der Waals surface area contributed by atoms with Gasteiger partial charge in [-0.3, -0.25) is 4.79 Å². The summed E-state index contributed by atoms with van der Waals surface area (Å²) in [6, 6.07) is 17.9. The fourth-order valence-electron chi connectivity index (χ4n) is 2.55. The Hall–Kier alpha value is -2.88. The molecule has 1 atom stereocenters. The van der Waals surface area contributed by atoms with Crippen LogP contribution in [0.4, 0.5) is 0 Å². The molecule has 4 nitrogen and oxygen atoms in total. The molecule has 0 spiro atoms. The molecule has 1 unspecified atom stereocenters. The second-order valence-corrected chi connectivity index (χ2v) is 5.96. The van der Waals surface area contributed by atoms with Crippen LogP contribution >= 0.6 is 0 Å². The van der Waals surface area contributed by atoms with Crippen molar-refractivity contribution >= 4 is 5.91 Å². The second-order valence-electron chi connectivity index (χ2n) is 5.96. The molecular weight excluding hydrogens is 300 g/mol. The molecule has 0 radical (unpaired) electrons. The zero-order valence-electron chi connectivity index (χ0n) is 13.8. The van der Waals surface area contributed by atoms with Gasteiger partial charge in [0.1, 0.15) is 5.56 Å². The summed E-state index contributed by atoms with van der Waals surface area (Å²) in [5.41, 5.74) is 3.65. The van der Waals surface area contributed by atoms with Crippen molar-refractivity contribution in [3.05, 3.63) is 77.5 Å². The minimum atomic E-state index is -0.172. The van der Waals surface area contributed by atoms with Gasteiger partial charge in [0.15, 0.2) is 5.76 Å². The Labute approximate surface area is 141 Å². The summed E-state index contributed by atoms with van der Waals surface area (Å²) in [7, 11) is 0. The minimum absolute atomic E-state index is 0.172. The molecule has 122 valence electrons. The Morgan fingerprint density at radius 2 is 1.83 bits per heavy atom. The van der Waals surface area contributed by atoms with E-state index in [4.69, 9.17) is 4.52 Å². The number of aryl methyl sites for hydroxylation is 1. The molecule has 1 heterocycles. The summed E-state index contributed by atoms with van der Waals surface area (Å²) in [6.45, 7) is 4.66. The fourth-order valence-corrected chi connectivity index (χ4v) is 2.55. The van der Waals surface area contributed by atoms with Crippen LogP contribution in [0.25, 0.3) is 11.3 Å². The van der Waals surface area contributed by atoms with Gasteiger partial charge in [0.25, 0.3) is 5.91 Å². The lowest BCUT2D eigenvalue weighted by Gasteiger charge is -2.12. The molecule has 0 saturated carbocycles. The van der Waals surface area contributed by atoms with Crippen LogP contribution in [0, 0.1) is 6.92 Å². The van der Waals surface area contributed by atoms with E-state index in [1.807, 2.05) is 49.4 Å². The van der Waals surface area contributed by atoms with Crippen molar-refractivity contribution in [1.29, 1.82) is 0 Å². The topological polar surface area (TPSA) is 55.1 Å². The number of nitrogens with zero attached hydrogens (tertiary/aromatic N) is 1. The average molecular weight is 320 g/mol. The van der Waals surface area contributed by atoms with Gasteiger partial charge in [-0.15, -0.1) is 0 Å². The fraction of sp³-hybridized carbons (Fsp3) is 0.200. The third-order valence-corrected chi connectivity index (χ3v) is 4.07. The lowest BCUT2D eigenvalue weighted by Crippen LogP contribution is -2.27. The van der Waals surface area contributed by atoms with Crippen molar-refractivity contribution in [3.63, 3.8) is 0 Å². The maximum absolute atomic E-state index is 12.5. The van der Waals surface area contributed by atoms with Gasteiger partial charge in [0, 0.05) is 12.1 Å². The van der Waals surface area contributed by atoms with E-state index in [2.05, 4.69) is 29.5 Å². The molecule has 0 aliphatic carbocycles. The van der Waals surface area contributed by atoms with Gasteiger partial charge in [-0.05, 0) is 18.4 Å². The summed E-state index contributed by atoms with van der Waals surface area (Å²) >= 11 is 0. The van der Waals surface area contributed by atoms with E-state index in [1.54, 1.807) is 0 Å². The molecule has 0 aliphatic heterocycles. The minimum Gasteiger partial charge on any atom is -0.355 e. The number of carbonyl (C=O) groups excluding carboxylic acids is 1. The number of carbonyl (C=O) groups is 1. The van der Waals surface area contributed by atoms with Gasteiger partial charge in [-0.2, -0.15) is 0 Å². The highest BCUT2D eigenvalue weighted by Crippen LogP contribution is 2.24. The summed E-state index contributed by atoms with van der Waals surface area (Å²) in [5.74, 6) is 0.562. The molecule has 1 amide bonds. The zero-order valence-corrected chi connectivity index (χ0v) is 13.8. The number of hydrogen-bond donors (Lipinski definition) is 1. The quantitative estimate of drug-likeness (QED) is 0.767. The van der Waals surface area contributed by atoms with Crippen LogP contribution in [0.5, 0.6) is 0 Å². The number of hydrogen-bond acceptors (Lipinski definition) is 3. The van der Waals surface area contributed by atoms with Crippen LogP contribution < -0.4 is 5.32 Å². The third-order valence-electron chi connectivity index (χ3n) is 4.07. The second kappa shape index (κ2) is 7.13. The van der Waals surface area contributed by atoms with Crippen LogP contribution in [0.15, 0.2) is 65.3 Å². The first-order chi connectivity index (χ1) is 11.6. The highest BCUT2D eigenvalue weighted by Gasteiger charge is 2.18. The highest BCUT2D eigenvalue weighted by atomic mass is 16.5. The number of nitrogens with one attached hydrogen (secondary N) is 1. The van der Waals surface area contributed by atoms with Crippen LogP contribution in [0.1, 0.15) is 34.3 Å². The monoisotopic (exact) mass is 320 g/mol. The Kier molecular flexibility index (Phi) is 4.75. The van der Waals surface area contributed by atoms with Crippen molar-refractivity contribution < 1.29 is 9.32 Å².